The normalized spacial score (nSPS) is 20.0. The van der Waals surface area contributed by atoms with E-state index in [0.717, 1.165) is 23.7 Å². The predicted molar refractivity (Wildman–Crippen MR) is 80.6 cm³/mol. The summed E-state index contributed by atoms with van der Waals surface area (Å²) in [5.41, 5.74) is 8.56. The number of H-pyrrole nitrogens is 1. The van der Waals surface area contributed by atoms with Gasteiger partial charge in [0.1, 0.15) is 5.82 Å². The third-order valence-corrected chi connectivity index (χ3v) is 3.80. The van der Waals surface area contributed by atoms with Crippen LogP contribution in [0.25, 0.3) is 0 Å². The van der Waals surface area contributed by atoms with Crippen LogP contribution in [0.2, 0.25) is 0 Å². The number of nitrogens with zero attached hydrogens (tertiary/aromatic N) is 3. The van der Waals surface area contributed by atoms with Crippen molar-refractivity contribution < 1.29 is 0 Å². The number of benzene rings is 1. The minimum Gasteiger partial charge on any atom is -0.313 e. The van der Waals surface area contributed by atoms with Crippen LogP contribution < -0.4 is 10.6 Å². The predicted octanol–water partition coefficient (Wildman–Crippen LogP) is 2.58. The van der Waals surface area contributed by atoms with Gasteiger partial charge in [-0.15, -0.1) is 0 Å². The number of aromatic amines is 1. The van der Waals surface area contributed by atoms with Gasteiger partial charge >= 0.3 is 0 Å². The van der Waals surface area contributed by atoms with Crippen molar-refractivity contribution in [2.45, 2.75) is 32.5 Å². The van der Waals surface area contributed by atoms with Crippen molar-refractivity contribution in [2.24, 2.45) is 5.73 Å². The highest BCUT2D eigenvalue weighted by atomic mass is 15.4. The second-order valence-electron chi connectivity index (χ2n) is 6.16. The zero-order chi connectivity index (χ0) is 14.3. The third-order valence-electron chi connectivity index (χ3n) is 3.80. The highest BCUT2D eigenvalue weighted by molar-refractivity contribution is 5.64. The van der Waals surface area contributed by atoms with Crippen molar-refractivity contribution in [3.63, 3.8) is 0 Å². The maximum atomic E-state index is 6.40. The monoisotopic (exact) mass is 271 g/mol. The molecule has 0 saturated carbocycles. The number of fused-ring (bicyclic) bond motifs is 1. The minimum atomic E-state index is -0.135. The third kappa shape index (κ3) is 2.09. The quantitative estimate of drug-likeness (QED) is 0.837. The van der Waals surface area contributed by atoms with Crippen LogP contribution in [0.15, 0.2) is 36.5 Å². The molecule has 1 aromatic heterocycles. The first-order valence-corrected chi connectivity index (χ1v) is 6.86. The second kappa shape index (κ2) is 4.61. The van der Waals surface area contributed by atoms with Gasteiger partial charge in [-0.2, -0.15) is 5.10 Å². The lowest BCUT2D eigenvalue weighted by atomic mass is 10.0. The summed E-state index contributed by atoms with van der Waals surface area (Å²) < 4.78 is 0. The SMILES string of the molecule is CC(C)(C)N1CN(c2ccccc2)c2[nH]ncc2C1N. The first kappa shape index (κ1) is 13.1. The highest BCUT2D eigenvalue weighted by Gasteiger charge is 2.37. The zero-order valence-corrected chi connectivity index (χ0v) is 12.2. The van der Waals surface area contributed by atoms with Crippen molar-refractivity contribution in [1.29, 1.82) is 0 Å². The molecule has 5 heteroatoms. The van der Waals surface area contributed by atoms with Gasteiger partial charge < -0.3 is 10.6 Å². The van der Waals surface area contributed by atoms with E-state index >= 15 is 0 Å². The second-order valence-corrected chi connectivity index (χ2v) is 6.16. The highest BCUT2D eigenvalue weighted by Crippen LogP contribution is 2.38. The van der Waals surface area contributed by atoms with Crippen molar-refractivity contribution in [1.82, 2.24) is 15.1 Å². The largest absolute Gasteiger partial charge is 0.313 e. The maximum Gasteiger partial charge on any atom is 0.135 e. The van der Waals surface area contributed by atoms with E-state index in [4.69, 9.17) is 5.73 Å². The van der Waals surface area contributed by atoms with Crippen molar-refractivity contribution in [2.75, 3.05) is 11.6 Å². The van der Waals surface area contributed by atoms with Crippen molar-refractivity contribution >= 4 is 11.5 Å². The Morgan fingerprint density at radius 3 is 2.60 bits per heavy atom. The summed E-state index contributed by atoms with van der Waals surface area (Å²) in [6.07, 6.45) is 1.69. The summed E-state index contributed by atoms with van der Waals surface area (Å²) in [6, 6.07) is 10.3. The molecule has 0 saturated heterocycles. The molecule has 5 nitrogen and oxygen atoms in total. The van der Waals surface area contributed by atoms with Crippen LogP contribution >= 0.6 is 0 Å². The molecule has 1 atom stereocenters. The molecule has 0 spiro atoms. The maximum absolute atomic E-state index is 6.40. The summed E-state index contributed by atoms with van der Waals surface area (Å²) in [5, 5.41) is 7.25. The van der Waals surface area contributed by atoms with Crippen LogP contribution in [-0.4, -0.2) is 27.3 Å². The molecular weight excluding hydrogens is 250 g/mol. The Bertz CT molecular complexity index is 584. The Morgan fingerprint density at radius 2 is 1.95 bits per heavy atom. The molecule has 0 bridgehead atoms. The van der Waals surface area contributed by atoms with Gasteiger partial charge in [-0.25, -0.2) is 0 Å². The fraction of sp³-hybridized carbons (Fsp3) is 0.400. The minimum absolute atomic E-state index is 0.0125. The first-order chi connectivity index (χ1) is 9.48. The molecule has 1 aliphatic heterocycles. The van der Waals surface area contributed by atoms with Crippen molar-refractivity contribution in [3.05, 3.63) is 42.1 Å². The van der Waals surface area contributed by atoms with Gasteiger partial charge in [0.25, 0.3) is 0 Å². The summed E-state index contributed by atoms with van der Waals surface area (Å²) >= 11 is 0. The Labute approximate surface area is 119 Å². The molecule has 2 heterocycles. The van der Waals surface area contributed by atoms with Crippen LogP contribution in [0.4, 0.5) is 11.5 Å². The summed E-state index contributed by atoms with van der Waals surface area (Å²) in [4.78, 5) is 4.49. The van der Waals surface area contributed by atoms with Gasteiger partial charge in [0.15, 0.2) is 0 Å². The molecular formula is C15H21N5. The number of anilines is 2. The van der Waals surface area contributed by atoms with Gasteiger partial charge in [0.2, 0.25) is 0 Å². The molecule has 0 radical (unpaired) electrons. The van der Waals surface area contributed by atoms with E-state index < -0.39 is 0 Å². The standard InChI is InChI=1S/C15H21N5/c1-15(2,3)20-10-19(11-7-5-4-6-8-11)14-12(13(20)16)9-17-18-14/h4-9,13H,10,16H2,1-3H3,(H,17,18). The number of hydrogen-bond acceptors (Lipinski definition) is 4. The first-order valence-electron chi connectivity index (χ1n) is 6.86. The van der Waals surface area contributed by atoms with E-state index in [2.05, 4.69) is 52.9 Å². The number of nitrogens with two attached hydrogens (primary N) is 1. The van der Waals surface area contributed by atoms with Crippen molar-refractivity contribution in [3.8, 4) is 0 Å². The van der Waals surface area contributed by atoms with Crippen LogP contribution in [0, 0.1) is 0 Å². The Morgan fingerprint density at radius 1 is 1.25 bits per heavy atom. The number of hydrogen-bond donors (Lipinski definition) is 2. The molecule has 20 heavy (non-hydrogen) atoms. The van der Waals surface area contributed by atoms with E-state index in [9.17, 15) is 0 Å². The molecule has 3 N–H and O–H groups in total. The van der Waals surface area contributed by atoms with Gasteiger partial charge in [0, 0.05) is 16.8 Å². The molecule has 2 aromatic rings. The van der Waals surface area contributed by atoms with E-state index in [1.54, 1.807) is 0 Å². The zero-order valence-electron chi connectivity index (χ0n) is 12.2. The lowest BCUT2D eigenvalue weighted by molar-refractivity contribution is 0.0803. The van der Waals surface area contributed by atoms with Gasteiger partial charge in [0.05, 0.1) is 19.0 Å². The van der Waals surface area contributed by atoms with E-state index in [1.807, 2.05) is 24.4 Å². The van der Waals surface area contributed by atoms with Crippen LogP contribution in [0.1, 0.15) is 32.5 Å². The number of aromatic nitrogens is 2. The average molecular weight is 271 g/mol. The fourth-order valence-corrected chi connectivity index (χ4v) is 2.65. The Hall–Kier alpha value is -1.85. The molecule has 0 aliphatic carbocycles. The molecule has 1 aromatic carbocycles. The Kier molecular flexibility index (Phi) is 3.03. The molecule has 1 aliphatic rings. The smallest absolute Gasteiger partial charge is 0.135 e. The lowest BCUT2D eigenvalue weighted by Crippen LogP contribution is -2.54. The van der Waals surface area contributed by atoms with E-state index in [-0.39, 0.29) is 11.7 Å². The molecule has 3 rings (SSSR count). The average Bonchev–Trinajstić information content (AvgIpc) is 2.88. The van der Waals surface area contributed by atoms with E-state index in [0.29, 0.717) is 0 Å². The summed E-state index contributed by atoms with van der Waals surface area (Å²) in [7, 11) is 0. The number of nitrogens with one attached hydrogen (secondary N) is 1. The number of rotatable bonds is 1. The fourth-order valence-electron chi connectivity index (χ4n) is 2.65. The topological polar surface area (TPSA) is 61.2 Å². The van der Waals surface area contributed by atoms with Gasteiger partial charge in [-0.1, -0.05) is 18.2 Å². The molecule has 106 valence electrons. The molecule has 0 amide bonds. The van der Waals surface area contributed by atoms with E-state index in [1.165, 1.54) is 0 Å². The molecule has 0 fully saturated rings. The summed E-state index contributed by atoms with van der Waals surface area (Å²) in [6.45, 7) is 7.28. The molecule has 1 unspecified atom stereocenters. The van der Waals surface area contributed by atoms with Crippen LogP contribution in [0.5, 0.6) is 0 Å². The summed E-state index contributed by atoms with van der Waals surface area (Å²) in [5.74, 6) is 0.990. The van der Waals surface area contributed by atoms with Crippen LogP contribution in [0.3, 0.4) is 0 Å². The van der Waals surface area contributed by atoms with Crippen LogP contribution in [-0.2, 0) is 0 Å². The van der Waals surface area contributed by atoms with Gasteiger partial charge in [-0.3, -0.25) is 10.00 Å². The number of para-hydroxylation sites is 1. The van der Waals surface area contributed by atoms with Gasteiger partial charge in [-0.05, 0) is 32.9 Å². The Balaban J connectivity index is 2.06. The lowest BCUT2D eigenvalue weighted by Gasteiger charge is -2.46.